The zero-order valence-electron chi connectivity index (χ0n) is 8.66. The molecule has 0 aliphatic rings. The van der Waals surface area contributed by atoms with Crippen LogP contribution in [-0.4, -0.2) is 30.8 Å². The molecule has 0 heterocycles. The van der Waals surface area contributed by atoms with E-state index >= 15 is 0 Å². The fourth-order valence-electron chi connectivity index (χ4n) is 0.777. The monoisotopic (exact) mass is 229 g/mol. The predicted octanol–water partition coefficient (Wildman–Crippen LogP) is 2.92. The van der Waals surface area contributed by atoms with Gasteiger partial charge in [0.15, 0.2) is 0 Å². The molecule has 0 saturated heterocycles. The summed E-state index contributed by atoms with van der Waals surface area (Å²) in [5, 5.41) is 2.37. The van der Waals surface area contributed by atoms with Crippen molar-refractivity contribution in [2.45, 2.75) is 26.4 Å². The molecule has 1 atom stereocenters. The molecular weight excluding hydrogens is 211 g/mol. The molecule has 1 unspecified atom stereocenters. The second-order valence-corrected chi connectivity index (χ2v) is 4.53. The maximum Gasteiger partial charge on any atom is 0.401 e. The van der Waals surface area contributed by atoms with Crippen molar-refractivity contribution in [3.8, 4) is 0 Å². The van der Waals surface area contributed by atoms with Gasteiger partial charge >= 0.3 is 6.18 Å². The summed E-state index contributed by atoms with van der Waals surface area (Å²) in [7, 11) is 0. The first-order valence-electron chi connectivity index (χ1n) is 4.81. The lowest BCUT2D eigenvalue weighted by Crippen LogP contribution is -2.30. The molecule has 0 amide bonds. The minimum absolute atomic E-state index is 0.431. The lowest BCUT2D eigenvalue weighted by atomic mass is 10.2. The van der Waals surface area contributed by atoms with Crippen LogP contribution in [0.15, 0.2) is 0 Å². The van der Waals surface area contributed by atoms with E-state index in [9.17, 15) is 13.2 Å². The Bertz CT molecular complexity index is 139. The summed E-state index contributed by atoms with van der Waals surface area (Å²) in [5.74, 6) is 2.44. The van der Waals surface area contributed by atoms with Crippen LogP contribution in [0.1, 0.15) is 20.3 Å². The molecule has 86 valence electrons. The largest absolute Gasteiger partial charge is 0.401 e. The minimum atomic E-state index is -4.08. The average Bonchev–Trinajstić information content (AvgIpc) is 2.08. The molecule has 1 N–H and O–H groups in total. The van der Waals surface area contributed by atoms with E-state index in [4.69, 9.17) is 0 Å². The van der Waals surface area contributed by atoms with Gasteiger partial charge in [-0.15, -0.1) is 0 Å². The van der Waals surface area contributed by atoms with Crippen LogP contribution < -0.4 is 5.32 Å². The number of hydrogen-bond acceptors (Lipinski definition) is 2. The molecule has 0 aliphatic heterocycles. The molecule has 0 saturated carbocycles. The Kier molecular flexibility index (Phi) is 7.45. The zero-order valence-corrected chi connectivity index (χ0v) is 9.47. The van der Waals surface area contributed by atoms with Gasteiger partial charge in [-0.05, 0) is 11.7 Å². The van der Waals surface area contributed by atoms with Gasteiger partial charge in [-0.3, -0.25) is 0 Å². The standard InChI is InChI=1S/C9H18F3NS/c1-3-8(2)6-14-5-4-13-7-9(10,11)12/h8,13H,3-7H2,1-2H3. The first-order valence-corrected chi connectivity index (χ1v) is 5.96. The molecule has 0 radical (unpaired) electrons. The molecule has 0 bridgehead atoms. The van der Waals surface area contributed by atoms with Crippen molar-refractivity contribution in [1.82, 2.24) is 5.32 Å². The van der Waals surface area contributed by atoms with Gasteiger partial charge in [-0.1, -0.05) is 20.3 Å². The maximum absolute atomic E-state index is 11.7. The van der Waals surface area contributed by atoms with Crippen molar-refractivity contribution in [2.24, 2.45) is 5.92 Å². The summed E-state index contributed by atoms with van der Waals surface area (Å²) in [6, 6.07) is 0. The Morgan fingerprint density at radius 2 is 2.00 bits per heavy atom. The Labute approximate surface area is 87.8 Å². The van der Waals surface area contributed by atoms with Crippen LogP contribution in [0.2, 0.25) is 0 Å². The molecule has 0 spiro atoms. The van der Waals surface area contributed by atoms with Crippen LogP contribution in [0, 0.1) is 5.92 Å². The van der Waals surface area contributed by atoms with Gasteiger partial charge in [0.05, 0.1) is 6.54 Å². The molecule has 14 heavy (non-hydrogen) atoms. The highest BCUT2D eigenvalue weighted by Crippen LogP contribution is 2.13. The third-order valence-corrected chi connectivity index (χ3v) is 3.15. The number of alkyl halides is 3. The summed E-state index contributed by atoms with van der Waals surface area (Å²) in [5.41, 5.74) is 0. The van der Waals surface area contributed by atoms with E-state index in [2.05, 4.69) is 19.2 Å². The van der Waals surface area contributed by atoms with E-state index in [0.717, 1.165) is 17.9 Å². The van der Waals surface area contributed by atoms with E-state index in [1.807, 2.05) is 0 Å². The second kappa shape index (κ2) is 7.40. The molecule has 0 aromatic rings. The number of halogens is 3. The Balaban J connectivity index is 3.14. The SMILES string of the molecule is CCC(C)CSCCNCC(F)(F)F. The van der Waals surface area contributed by atoms with Gasteiger partial charge in [-0.25, -0.2) is 0 Å². The number of nitrogens with one attached hydrogen (secondary N) is 1. The summed E-state index contributed by atoms with van der Waals surface area (Å²) >= 11 is 1.71. The summed E-state index contributed by atoms with van der Waals surface area (Å²) in [4.78, 5) is 0. The Hall–Kier alpha value is 0.100. The minimum Gasteiger partial charge on any atom is -0.308 e. The summed E-state index contributed by atoms with van der Waals surface area (Å²) < 4.78 is 35.0. The first-order chi connectivity index (χ1) is 6.45. The average molecular weight is 229 g/mol. The third kappa shape index (κ3) is 10.2. The second-order valence-electron chi connectivity index (χ2n) is 3.38. The number of hydrogen-bond donors (Lipinski definition) is 1. The van der Waals surface area contributed by atoms with Crippen molar-refractivity contribution in [3.05, 3.63) is 0 Å². The first kappa shape index (κ1) is 14.1. The highest BCUT2D eigenvalue weighted by Gasteiger charge is 2.25. The van der Waals surface area contributed by atoms with Crippen molar-refractivity contribution in [2.75, 3.05) is 24.6 Å². The highest BCUT2D eigenvalue weighted by atomic mass is 32.2. The molecule has 1 nitrogen and oxygen atoms in total. The Morgan fingerprint density at radius 3 is 2.50 bits per heavy atom. The van der Waals surface area contributed by atoms with Crippen LogP contribution >= 0.6 is 11.8 Å². The fraction of sp³-hybridized carbons (Fsp3) is 1.00. The van der Waals surface area contributed by atoms with Gasteiger partial charge < -0.3 is 5.32 Å². The molecule has 0 aliphatic carbocycles. The highest BCUT2D eigenvalue weighted by molar-refractivity contribution is 7.99. The molecule has 5 heteroatoms. The van der Waals surface area contributed by atoms with Crippen LogP contribution in [0.5, 0.6) is 0 Å². The number of thioether (sulfide) groups is 1. The Morgan fingerprint density at radius 1 is 1.36 bits per heavy atom. The van der Waals surface area contributed by atoms with Gasteiger partial charge in [0.1, 0.15) is 0 Å². The smallest absolute Gasteiger partial charge is 0.308 e. The van der Waals surface area contributed by atoms with Crippen molar-refractivity contribution >= 4 is 11.8 Å². The zero-order chi connectivity index (χ0) is 11.0. The lowest BCUT2D eigenvalue weighted by Gasteiger charge is -2.09. The van der Waals surface area contributed by atoms with Crippen molar-refractivity contribution in [1.29, 1.82) is 0 Å². The summed E-state index contributed by atoms with van der Waals surface area (Å²) in [6.45, 7) is 3.82. The number of rotatable bonds is 7. The van der Waals surface area contributed by atoms with E-state index in [-0.39, 0.29) is 0 Å². The van der Waals surface area contributed by atoms with Crippen LogP contribution in [-0.2, 0) is 0 Å². The van der Waals surface area contributed by atoms with Crippen molar-refractivity contribution < 1.29 is 13.2 Å². The fourth-order valence-corrected chi connectivity index (χ4v) is 1.87. The maximum atomic E-state index is 11.7. The van der Waals surface area contributed by atoms with E-state index in [0.29, 0.717) is 12.5 Å². The third-order valence-electron chi connectivity index (χ3n) is 1.85. The van der Waals surface area contributed by atoms with Gasteiger partial charge in [0, 0.05) is 12.3 Å². The molecular formula is C9H18F3NS. The molecule has 0 aromatic heterocycles. The van der Waals surface area contributed by atoms with Gasteiger partial charge in [0.25, 0.3) is 0 Å². The quantitative estimate of drug-likeness (QED) is 0.674. The van der Waals surface area contributed by atoms with E-state index < -0.39 is 12.7 Å². The molecule has 0 rings (SSSR count). The van der Waals surface area contributed by atoms with Gasteiger partial charge in [-0.2, -0.15) is 24.9 Å². The lowest BCUT2D eigenvalue weighted by molar-refractivity contribution is -0.124. The van der Waals surface area contributed by atoms with Crippen LogP contribution in [0.25, 0.3) is 0 Å². The van der Waals surface area contributed by atoms with E-state index in [1.54, 1.807) is 11.8 Å². The normalized spacial score (nSPS) is 14.4. The summed E-state index contributed by atoms with van der Waals surface area (Å²) in [6.07, 6.45) is -2.95. The molecule has 0 fully saturated rings. The van der Waals surface area contributed by atoms with Crippen LogP contribution in [0.3, 0.4) is 0 Å². The van der Waals surface area contributed by atoms with Crippen LogP contribution in [0.4, 0.5) is 13.2 Å². The van der Waals surface area contributed by atoms with Gasteiger partial charge in [0.2, 0.25) is 0 Å². The molecule has 0 aromatic carbocycles. The topological polar surface area (TPSA) is 12.0 Å². The van der Waals surface area contributed by atoms with E-state index in [1.165, 1.54) is 0 Å². The van der Waals surface area contributed by atoms with Crippen molar-refractivity contribution in [3.63, 3.8) is 0 Å². The predicted molar refractivity (Wildman–Crippen MR) is 55.7 cm³/mol.